The van der Waals surface area contributed by atoms with E-state index in [4.69, 9.17) is 4.74 Å². The normalized spacial score (nSPS) is 12.3. The van der Waals surface area contributed by atoms with E-state index in [-0.39, 0.29) is 5.91 Å². The zero-order valence-electron chi connectivity index (χ0n) is 15.0. The number of aromatic nitrogens is 4. The Hall–Kier alpha value is -2.83. The Labute approximate surface area is 146 Å². The van der Waals surface area contributed by atoms with Gasteiger partial charge < -0.3 is 10.1 Å². The molecule has 0 saturated heterocycles. The fourth-order valence-corrected chi connectivity index (χ4v) is 2.83. The van der Waals surface area contributed by atoms with Crippen LogP contribution in [0.15, 0.2) is 30.3 Å². The molecule has 2 heterocycles. The number of hydrogen-bond donors (Lipinski definition) is 1. The molecular formula is C18H23N5O2. The van der Waals surface area contributed by atoms with Gasteiger partial charge in [0.15, 0.2) is 6.10 Å². The van der Waals surface area contributed by atoms with Gasteiger partial charge >= 0.3 is 0 Å². The number of benzene rings is 1. The van der Waals surface area contributed by atoms with Crippen molar-refractivity contribution in [3.05, 3.63) is 41.7 Å². The number of nitrogens with one attached hydrogen (secondary N) is 1. The number of fused-ring (bicyclic) bond motifs is 1. The third-order valence-electron chi connectivity index (χ3n) is 4.11. The van der Waals surface area contributed by atoms with Crippen LogP contribution in [0.2, 0.25) is 0 Å². The van der Waals surface area contributed by atoms with Crippen molar-refractivity contribution in [3.63, 3.8) is 0 Å². The van der Waals surface area contributed by atoms with E-state index in [1.54, 1.807) is 11.6 Å². The first-order chi connectivity index (χ1) is 12.0. The van der Waals surface area contributed by atoms with Crippen LogP contribution < -0.4 is 10.1 Å². The molecule has 1 aromatic carbocycles. The van der Waals surface area contributed by atoms with Crippen LogP contribution in [0.5, 0.6) is 5.88 Å². The number of aryl methyl sites for hydroxylation is 3. The maximum atomic E-state index is 12.4. The molecule has 2 aromatic heterocycles. The summed E-state index contributed by atoms with van der Waals surface area (Å²) in [5, 5.41) is 12.5. The lowest BCUT2D eigenvalue weighted by molar-refractivity contribution is -0.127. The molecule has 1 amide bonds. The third-order valence-corrected chi connectivity index (χ3v) is 4.11. The second-order valence-electron chi connectivity index (χ2n) is 6.02. The van der Waals surface area contributed by atoms with E-state index in [9.17, 15) is 4.79 Å². The third kappa shape index (κ3) is 3.50. The highest BCUT2D eigenvalue weighted by Crippen LogP contribution is 2.24. The molecule has 0 radical (unpaired) electrons. The average Bonchev–Trinajstić information content (AvgIpc) is 3.13. The SMILES string of the molecule is CCn1nc(C)cc1CNC(=O)[C@H](C)Oc1nn(C)c2ccccc12. The lowest BCUT2D eigenvalue weighted by Gasteiger charge is -2.13. The number of hydrogen-bond acceptors (Lipinski definition) is 4. The average molecular weight is 341 g/mol. The maximum absolute atomic E-state index is 12.4. The summed E-state index contributed by atoms with van der Waals surface area (Å²) in [6, 6.07) is 9.75. The van der Waals surface area contributed by atoms with Crippen LogP contribution in [0, 0.1) is 6.92 Å². The van der Waals surface area contributed by atoms with E-state index < -0.39 is 6.10 Å². The summed E-state index contributed by atoms with van der Waals surface area (Å²) >= 11 is 0. The summed E-state index contributed by atoms with van der Waals surface area (Å²) in [6.07, 6.45) is -0.641. The maximum Gasteiger partial charge on any atom is 0.261 e. The van der Waals surface area contributed by atoms with Gasteiger partial charge in [0.25, 0.3) is 5.91 Å². The Morgan fingerprint density at radius 3 is 2.84 bits per heavy atom. The molecule has 132 valence electrons. The van der Waals surface area contributed by atoms with Gasteiger partial charge in [-0.05, 0) is 39.0 Å². The van der Waals surface area contributed by atoms with E-state index in [1.165, 1.54) is 0 Å². The molecule has 0 aliphatic carbocycles. The van der Waals surface area contributed by atoms with Crippen molar-refractivity contribution >= 4 is 16.8 Å². The fourth-order valence-electron chi connectivity index (χ4n) is 2.83. The van der Waals surface area contributed by atoms with Gasteiger partial charge in [-0.15, -0.1) is 5.10 Å². The second kappa shape index (κ2) is 6.96. The molecule has 0 unspecified atom stereocenters. The number of para-hydroxylation sites is 1. The monoisotopic (exact) mass is 341 g/mol. The van der Waals surface area contributed by atoms with Crippen molar-refractivity contribution in [3.8, 4) is 5.88 Å². The van der Waals surface area contributed by atoms with Gasteiger partial charge in [0, 0.05) is 13.6 Å². The summed E-state index contributed by atoms with van der Waals surface area (Å²) in [4.78, 5) is 12.4. The first-order valence-corrected chi connectivity index (χ1v) is 8.39. The van der Waals surface area contributed by atoms with Crippen LogP contribution >= 0.6 is 0 Å². The van der Waals surface area contributed by atoms with E-state index in [0.717, 1.165) is 28.8 Å². The number of amides is 1. The lowest BCUT2D eigenvalue weighted by atomic mass is 10.2. The Bertz CT molecular complexity index is 896. The van der Waals surface area contributed by atoms with Crippen LogP contribution in [-0.4, -0.2) is 31.6 Å². The molecule has 1 N–H and O–H groups in total. The smallest absolute Gasteiger partial charge is 0.261 e. The lowest BCUT2D eigenvalue weighted by Crippen LogP contribution is -2.36. The molecule has 0 fully saturated rings. The molecule has 3 aromatic rings. The quantitative estimate of drug-likeness (QED) is 0.746. The second-order valence-corrected chi connectivity index (χ2v) is 6.02. The molecule has 0 bridgehead atoms. The topological polar surface area (TPSA) is 74.0 Å². The first-order valence-electron chi connectivity index (χ1n) is 8.39. The Kier molecular flexibility index (Phi) is 4.74. The number of rotatable bonds is 6. The van der Waals surface area contributed by atoms with Gasteiger partial charge in [-0.3, -0.25) is 14.2 Å². The molecule has 0 aliphatic heterocycles. The van der Waals surface area contributed by atoms with Crippen molar-refractivity contribution in [1.82, 2.24) is 24.9 Å². The minimum absolute atomic E-state index is 0.184. The molecule has 0 spiro atoms. The minimum Gasteiger partial charge on any atom is -0.463 e. The van der Waals surface area contributed by atoms with Crippen LogP contribution in [-0.2, 0) is 24.9 Å². The number of carbonyl (C=O) groups is 1. The van der Waals surface area contributed by atoms with Gasteiger partial charge in [-0.25, -0.2) is 0 Å². The van der Waals surface area contributed by atoms with Gasteiger partial charge in [0.2, 0.25) is 5.88 Å². The summed E-state index contributed by atoms with van der Waals surface area (Å²) in [7, 11) is 1.86. The van der Waals surface area contributed by atoms with Crippen molar-refractivity contribution in [1.29, 1.82) is 0 Å². The van der Waals surface area contributed by atoms with Crippen LogP contribution in [0.3, 0.4) is 0 Å². The van der Waals surface area contributed by atoms with E-state index in [0.29, 0.717) is 12.4 Å². The molecule has 1 atom stereocenters. The van der Waals surface area contributed by atoms with Gasteiger partial charge in [-0.1, -0.05) is 12.1 Å². The summed E-state index contributed by atoms with van der Waals surface area (Å²) < 4.78 is 9.42. The molecule has 7 heteroatoms. The first kappa shape index (κ1) is 17.0. The minimum atomic E-state index is -0.641. The van der Waals surface area contributed by atoms with Crippen molar-refractivity contribution in [2.45, 2.75) is 40.0 Å². The molecule has 7 nitrogen and oxygen atoms in total. The van der Waals surface area contributed by atoms with Crippen LogP contribution in [0.1, 0.15) is 25.2 Å². The zero-order valence-corrected chi connectivity index (χ0v) is 15.0. The summed E-state index contributed by atoms with van der Waals surface area (Å²) in [6.45, 7) is 6.88. The zero-order chi connectivity index (χ0) is 18.0. The van der Waals surface area contributed by atoms with Gasteiger partial charge in [0.05, 0.1) is 28.8 Å². The summed E-state index contributed by atoms with van der Waals surface area (Å²) in [5.74, 6) is 0.284. The standard InChI is InChI=1S/C18H23N5O2/c1-5-23-14(10-12(2)20-23)11-19-17(24)13(3)25-18-15-8-6-7-9-16(15)22(4)21-18/h6-10,13H,5,11H2,1-4H3,(H,19,24)/t13-/m0/s1. The van der Waals surface area contributed by atoms with E-state index >= 15 is 0 Å². The fraction of sp³-hybridized carbons (Fsp3) is 0.389. The Balaban J connectivity index is 1.66. The van der Waals surface area contributed by atoms with Crippen molar-refractivity contribution in [2.24, 2.45) is 7.05 Å². The van der Waals surface area contributed by atoms with Crippen molar-refractivity contribution < 1.29 is 9.53 Å². The van der Waals surface area contributed by atoms with Gasteiger partial charge in [0.1, 0.15) is 0 Å². The number of carbonyl (C=O) groups excluding carboxylic acids is 1. The molecule has 0 aliphatic rings. The molecule has 0 saturated carbocycles. The number of nitrogens with zero attached hydrogens (tertiary/aromatic N) is 4. The predicted octanol–water partition coefficient (Wildman–Crippen LogP) is 2.18. The summed E-state index contributed by atoms with van der Waals surface area (Å²) in [5.41, 5.74) is 2.88. The highest BCUT2D eigenvalue weighted by Gasteiger charge is 2.18. The van der Waals surface area contributed by atoms with Crippen LogP contribution in [0.25, 0.3) is 10.9 Å². The Morgan fingerprint density at radius 1 is 1.32 bits per heavy atom. The van der Waals surface area contributed by atoms with E-state index in [1.807, 2.05) is 55.9 Å². The Morgan fingerprint density at radius 2 is 2.08 bits per heavy atom. The highest BCUT2D eigenvalue weighted by atomic mass is 16.5. The van der Waals surface area contributed by atoms with E-state index in [2.05, 4.69) is 15.5 Å². The number of ether oxygens (including phenoxy) is 1. The molecular weight excluding hydrogens is 318 g/mol. The molecule has 3 rings (SSSR count). The predicted molar refractivity (Wildman–Crippen MR) is 95.3 cm³/mol. The van der Waals surface area contributed by atoms with Crippen molar-refractivity contribution in [2.75, 3.05) is 0 Å². The van der Waals surface area contributed by atoms with Gasteiger partial charge in [-0.2, -0.15) is 5.10 Å². The van der Waals surface area contributed by atoms with Crippen LogP contribution in [0.4, 0.5) is 0 Å². The largest absolute Gasteiger partial charge is 0.463 e. The molecule has 25 heavy (non-hydrogen) atoms. The highest BCUT2D eigenvalue weighted by molar-refractivity contribution is 5.85.